The van der Waals surface area contributed by atoms with E-state index < -0.39 is 0 Å². The normalized spacial score (nSPS) is 14.3. The SMILES string of the molecule is COc1ccc2c(c1-c1cnoc1N)CCCC2. The maximum atomic E-state index is 5.84. The van der Waals surface area contributed by atoms with Gasteiger partial charge in [0.05, 0.1) is 18.9 Å². The number of benzene rings is 1. The van der Waals surface area contributed by atoms with E-state index in [1.165, 1.54) is 24.0 Å². The van der Waals surface area contributed by atoms with Crippen molar-refractivity contribution in [3.63, 3.8) is 0 Å². The Morgan fingerprint density at radius 3 is 2.83 bits per heavy atom. The van der Waals surface area contributed by atoms with E-state index in [-0.39, 0.29) is 0 Å². The topological polar surface area (TPSA) is 61.3 Å². The van der Waals surface area contributed by atoms with Crippen molar-refractivity contribution in [3.8, 4) is 16.9 Å². The number of nitrogens with zero attached hydrogens (tertiary/aromatic N) is 1. The van der Waals surface area contributed by atoms with Crippen LogP contribution in [0.25, 0.3) is 11.1 Å². The number of nitrogens with two attached hydrogens (primary N) is 1. The van der Waals surface area contributed by atoms with E-state index in [2.05, 4.69) is 11.2 Å². The minimum Gasteiger partial charge on any atom is -0.496 e. The number of anilines is 1. The fourth-order valence-corrected chi connectivity index (χ4v) is 2.71. The smallest absolute Gasteiger partial charge is 0.230 e. The summed E-state index contributed by atoms with van der Waals surface area (Å²) in [5, 5.41) is 3.77. The molecular weight excluding hydrogens is 228 g/mol. The number of hydrogen-bond acceptors (Lipinski definition) is 4. The van der Waals surface area contributed by atoms with Gasteiger partial charge in [-0.2, -0.15) is 0 Å². The van der Waals surface area contributed by atoms with Crippen molar-refractivity contribution in [2.75, 3.05) is 12.8 Å². The minimum absolute atomic E-state index is 0.354. The van der Waals surface area contributed by atoms with Gasteiger partial charge in [-0.1, -0.05) is 11.2 Å². The molecule has 1 aliphatic rings. The first-order valence-electron chi connectivity index (χ1n) is 6.20. The number of aryl methyl sites for hydroxylation is 1. The highest BCUT2D eigenvalue weighted by Crippen LogP contribution is 2.40. The van der Waals surface area contributed by atoms with Crippen molar-refractivity contribution < 1.29 is 9.26 Å². The summed E-state index contributed by atoms with van der Waals surface area (Å²) in [6, 6.07) is 4.16. The zero-order valence-corrected chi connectivity index (χ0v) is 10.4. The van der Waals surface area contributed by atoms with Gasteiger partial charge in [0.2, 0.25) is 5.88 Å². The van der Waals surface area contributed by atoms with Crippen molar-refractivity contribution in [1.82, 2.24) is 5.16 Å². The lowest BCUT2D eigenvalue weighted by atomic mass is 9.86. The zero-order valence-electron chi connectivity index (χ0n) is 10.4. The van der Waals surface area contributed by atoms with Gasteiger partial charge >= 0.3 is 0 Å². The molecule has 0 fully saturated rings. The summed E-state index contributed by atoms with van der Waals surface area (Å²) < 4.78 is 10.4. The molecule has 0 bridgehead atoms. The van der Waals surface area contributed by atoms with Crippen LogP contribution in [0.3, 0.4) is 0 Å². The molecule has 0 atom stereocenters. The predicted molar refractivity (Wildman–Crippen MR) is 69.5 cm³/mol. The Hall–Kier alpha value is -1.97. The van der Waals surface area contributed by atoms with E-state index in [0.29, 0.717) is 5.88 Å². The molecule has 18 heavy (non-hydrogen) atoms. The second-order valence-corrected chi connectivity index (χ2v) is 4.59. The number of rotatable bonds is 2. The van der Waals surface area contributed by atoms with Crippen LogP contribution in [0, 0.1) is 0 Å². The van der Waals surface area contributed by atoms with Gasteiger partial charge in [-0.25, -0.2) is 0 Å². The Bertz CT molecular complexity index is 575. The van der Waals surface area contributed by atoms with Gasteiger partial charge < -0.3 is 15.0 Å². The van der Waals surface area contributed by atoms with Crippen LogP contribution in [-0.2, 0) is 12.8 Å². The molecule has 2 aromatic rings. The summed E-state index contributed by atoms with van der Waals surface area (Å²) >= 11 is 0. The van der Waals surface area contributed by atoms with Crippen LogP contribution < -0.4 is 10.5 Å². The quantitative estimate of drug-likeness (QED) is 0.882. The number of ether oxygens (including phenoxy) is 1. The molecule has 3 rings (SSSR count). The van der Waals surface area contributed by atoms with E-state index in [1.54, 1.807) is 13.3 Å². The first kappa shape index (κ1) is 11.1. The van der Waals surface area contributed by atoms with E-state index in [0.717, 1.165) is 29.7 Å². The van der Waals surface area contributed by atoms with Gasteiger partial charge in [0.15, 0.2) is 0 Å². The lowest BCUT2D eigenvalue weighted by molar-refractivity contribution is 0.415. The number of aromatic nitrogens is 1. The highest BCUT2D eigenvalue weighted by atomic mass is 16.5. The highest BCUT2D eigenvalue weighted by Gasteiger charge is 2.21. The molecule has 94 valence electrons. The van der Waals surface area contributed by atoms with Gasteiger partial charge in [0.1, 0.15) is 5.75 Å². The molecule has 1 aliphatic carbocycles. The molecule has 1 aromatic carbocycles. The summed E-state index contributed by atoms with van der Waals surface area (Å²) in [5.74, 6) is 1.19. The first-order chi connectivity index (χ1) is 8.81. The van der Waals surface area contributed by atoms with Crippen LogP contribution in [0.5, 0.6) is 5.75 Å². The third-order valence-corrected chi connectivity index (χ3v) is 3.58. The van der Waals surface area contributed by atoms with Crippen molar-refractivity contribution in [2.24, 2.45) is 0 Å². The molecule has 4 nitrogen and oxygen atoms in total. The molecule has 0 unspecified atom stereocenters. The molecular formula is C14H16N2O2. The van der Waals surface area contributed by atoms with Crippen LogP contribution in [0.4, 0.5) is 5.88 Å². The summed E-state index contributed by atoms with van der Waals surface area (Å²) in [7, 11) is 1.68. The zero-order chi connectivity index (χ0) is 12.5. The van der Waals surface area contributed by atoms with Crippen LogP contribution in [0.1, 0.15) is 24.0 Å². The van der Waals surface area contributed by atoms with Crippen molar-refractivity contribution in [3.05, 3.63) is 29.5 Å². The molecule has 4 heteroatoms. The molecule has 1 aromatic heterocycles. The number of nitrogen functional groups attached to an aromatic ring is 1. The summed E-state index contributed by atoms with van der Waals surface area (Å²) in [5.41, 5.74) is 10.4. The lowest BCUT2D eigenvalue weighted by Gasteiger charge is -2.21. The minimum atomic E-state index is 0.354. The maximum absolute atomic E-state index is 5.84. The monoisotopic (exact) mass is 244 g/mol. The first-order valence-corrected chi connectivity index (χ1v) is 6.20. The molecule has 2 N–H and O–H groups in total. The van der Waals surface area contributed by atoms with Crippen LogP contribution in [0.15, 0.2) is 22.9 Å². The summed E-state index contributed by atoms with van der Waals surface area (Å²) in [6.07, 6.45) is 6.31. The van der Waals surface area contributed by atoms with E-state index in [9.17, 15) is 0 Å². The molecule has 0 radical (unpaired) electrons. The second kappa shape index (κ2) is 4.37. The summed E-state index contributed by atoms with van der Waals surface area (Å²) in [6.45, 7) is 0. The molecule has 0 spiro atoms. The van der Waals surface area contributed by atoms with Gasteiger partial charge in [-0.05, 0) is 42.9 Å². The Kier molecular flexibility index (Phi) is 2.70. The van der Waals surface area contributed by atoms with E-state index in [4.69, 9.17) is 15.0 Å². The molecule has 0 amide bonds. The molecule has 0 saturated heterocycles. The van der Waals surface area contributed by atoms with E-state index >= 15 is 0 Å². The van der Waals surface area contributed by atoms with Gasteiger partial charge in [-0.3, -0.25) is 0 Å². The number of fused-ring (bicyclic) bond motifs is 1. The maximum Gasteiger partial charge on any atom is 0.230 e. The number of hydrogen-bond donors (Lipinski definition) is 1. The Balaban J connectivity index is 2.25. The van der Waals surface area contributed by atoms with Crippen molar-refractivity contribution in [1.29, 1.82) is 0 Å². The van der Waals surface area contributed by atoms with Gasteiger partial charge in [0, 0.05) is 5.56 Å². The van der Waals surface area contributed by atoms with Gasteiger partial charge in [0.25, 0.3) is 0 Å². The molecule has 0 aliphatic heterocycles. The second-order valence-electron chi connectivity index (χ2n) is 4.59. The summed E-state index contributed by atoms with van der Waals surface area (Å²) in [4.78, 5) is 0. The average Bonchev–Trinajstić information content (AvgIpc) is 2.83. The third-order valence-electron chi connectivity index (χ3n) is 3.58. The largest absolute Gasteiger partial charge is 0.496 e. The van der Waals surface area contributed by atoms with Crippen LogP contribution in [0.2, 0.25) is 0 Å². The third kappa shape index (κ3) is 1.65. The Morgan fingerprint density at radius 1 is 1.28 bits per heavy atom. The average molecular weight is 244 g/mol. The number of methoxy groups -OCH3 is 1. The predicted octanol–water partition coefficient (Wildman–Crippen LogP) is 2.81. The molecule has 0 saturated carbocycles. The fraction of sp³-hybridized carbons (Fsp3) is 0.357. The van der Waals surface area contributed by atoms with Crippen molar-refractivity contribution >= 4 is 5.88 Å². The molecule has 1 heterocycles. The van der Waals surface area contributed by atoms with E-state index in [1.807, 2.05) is 6.07 Å². The fourth-order valence-electron chi connectivity index (χ4n) is 2.71. The van der Waals surface area contributed by atoms with Crippen LogP contribution >= 0.6 is 0 Å². The lowest BCUT2D eigenvalue weighted by Crippen LogP contribution is -2.06. The van der Waals surface area contributed by atoms with Crippen molar-refractivity contribution in [2.45, 2.75) is 25.7 Å². The van der Waals surface area contributed by atoms with Gasteiger partial charge in [-0.15, -0.1) is 0 Å². The Morgan fingerprint density at radius 2 is 2.11 bits per heavy atom. The Labute approximate surface area is 106 Å². The standard InChI is InChI=1S/C14H16N2O2/c1-17-12-7-6-9-4-2-3-5-10(9)13(12)11-8-16-18-14(11)15/h6-8H,2-5,15H2,1H3. The highest BCUT2D eigenvalue weighted by molar-refractivity contribution is 5.81. The van der Waals surface area contributed by atoms with Crippen LogP contribution in [-0.4, -0.2) is 12.3 Å².